The number of fused-ring (bicyclic) bond motifs is 1. The summed E-state index contributed by atoms with van der Waals surface area (Å²) in [4.78, 5) is 14.0. The first-order valence-electron chi connectivity index (χ1n) is 9.98. The molecule has 30 heavy (non-hydrogen) atoms. The Balaban J connectivity index is 1.51. The van der Waals surface area contributed by atoms with Crippen LogP contribution in [0.5, 0.6) is 5.75 Å². The van der Waals surface area contributed by atoms with Gasteiger partial charge in [-0.2, -0.15) is 18.3 Å². The number of aromatic nitrogens is 2. The van der Waals surface area contributed by atoms with Crippen molar-refractivity contribution in [3.8, 4) is 11.4 Å². The van der Waals surface area contributed by atoms with Gasteiger partial charge in [0.15, 0.2) is 5.69 Å². The van der Waals surface area contributed by atoms with Crippen LogP contribution >= 0.6 is 0 Å². The van der Waals surface area contributed by atoms with Gasteiger partial charge < -0.3 is 14.7 Å². The fraction of sp³-hybridized carbons (Fsp3) is 0.524. The molecular weight excluding hydrogens is 399 g/mol. The van der Waals surface area contributed by atoms with E-state index >= 15 is 0 Å². The number of aromatic hydroxyl groups is 1. The highest BCUT2D eigenvalue weighted by Gasteiger charge is 2.72. The van der Waals surface area contributed by atoms with Crippen LogP contribution in [0.15, 0.2) is 24.3 Å². The number of phenols is 1. The molecule has 0 amide bonds. The highest BCUT2D eigenvalue weighted by atomic mass is 19.4. The largest absolute Gasteiger partial charge is 0.508 e. The van der Waals surface area contributed by atoms with Crippen LogP contribution in [0.2, 0.25) is 0 Å². The van der Waals surface area contributed by atoms with Crippen molar-refractivity contribution in [1.82, 2.24) is 9.78 Å². The van der Waals surface area contributed by atoms with Crippen LogP contribution in [0.4, 0.5) is 19.0 Å². The standard InChI is InChI=1S/C21H22F3N3O3/c1-30-18(29)20-9-19(10-20,11-20)12-26-7-3-6-15-16(21(22,23)24)25-27(17(15)26)13-4-2-5-14(28)8-13/h2,4-5,8,28H,3,6-7,9-12H2,1H3. The smallest absolute Gasteiger partial charge is 0.435 e. The van der Waals surface area contributed by atoms with E-state index in [0.717, 1.165) is 0 Å². The van der Waals surface area contributed by atoms with Crippen molar-refractivity contribution in [1.29, 1.82) is 0 Å². The van der Waals surface area contributed by atoms with Gasteiger partial charge in [0.05, 0.1) is 18.2 Å². The lowest BCUT2D eigenvalue weighted by atomic mass is 9.35. The van der Waals surface area contributed by atoms with E-state index in [1.165, 1.54) is 23.9 Å². The number of ether oxygens (including phenoxy) is 1. The number of methoxy groups -OCH3 is 1. The van der Waals surface area contributed by atoms with Crippen molar-refractivity contribution in [3.63, 3.8) is 0 Å². The molecule has 3 fully saturated rings. The van der Waals surface area contributed by atoms with Crippen LogP contribution in [0.25, 0.3) is 5.69 Å². The van der Waals surface area contributed by atoms with E-state index in [4.69, 9.17) is 4.74 Å². The second-order valence-corrected chi connectivity index (χ2v) is 8.91. The Morgan fingerprint density at radius 3 is 2.67 bits per heavy atom. The summed E-state index contributed by atoms with van der Waals surface area (Å²) in [5, 5.41) is 13.8. The van der Waals surface area contributed by atoms with E-state index in [2.05, 4.69) is 5.10 Å². The van der Waals surface area contributed by atoms with Gasteiger partial charge in [0.1, 0.15) is 11.6 Å². The predicted molar refractivity (Wildman–Crippen MR) is 101 cm³/mol. The Labute approximate surface area is 171 Å². The van der Waals surface area contributed by atoms with Gasteiger partial charge in [0.25, 0.3) is 0 Å². The minimum atomic E-state index is -4.56. The summed E-state index contributed by atoms with van der Waals surface area (Å²) in [6.45, 7) is 1.21. The van der Waals surface area contributed by atoms with Gasteiger partial charge in [0.2, 0.25) is 0 Å². The van der Waals surface area contributed by atoms with Gasteiger partial charge in [-0.15, -0.1) is 0 Å². The van der Waals surface area contributed by atoms with Gasteiger partial charge >= 0.3 is 12.1 Å². The molecule has 0 radical (unpaired) electrons. The third-order valence-corrected chi connectivity index (χ3v) is 6.74. The summed E-state index contributed by atoms with van der Waals surface area (Å²) in [5.41, 5.74) is -0.733. The number of carbonyl (C=O) groups is 1. The number of phenolic OH excluding ortho intramolecular Hbond substituents is 1. The molecule has 3 aliphatic carbocycles. The number of hydrogen-bond acceptors (Lipinski definition) is 5. The molecule has 160 valence electrons. The lowest BCUT2D eigenvalue weighted by Crippen LogP contribution is -2.69. The normalized spacial score (nSPS) is 27.1. The zero-order valence-electron chi connectivity index (χ0n) is 16.5. The molecule has 3 saturated carbocycles. The van der Waals surface area contributed by atoms with Gasteiger partial charge in [-0.05, 0) is 49.7 Å². The Bertz CT molecular complexity index is 1010. The van der Waals surface area contributed by atoms with Gasteiger partial charge in [-0.1, -0.05) is 6.07 Å². The Morgan fingerprint density at radius 1 is 1.30 bits per heavy atom. The molecule has 0 saturated heterocycles. The van der Waals surface area contributed by atoms with Crippen molar-refractivity contribution < 1.29 is 27.8 Å². The van der Waals surface area contributed by atoms with E-state index in [1.807, 2.05) is 4.90 Å². The lowest BCUT2D eigenvalue weighted by Gasteiger charge is -2.69. The fourth-order valence-electron chi connectivity index (χ4n) is 5.74. The first-order chi connectivity index (χ1) is 14.2. The van der Waals surface area contributed by atoms with Gasteiger partial charge in [-0.25, -0.2) is 4.68 Å². The van der Waals surface area contributed by atoms with E-state index in [-0.39, 0.29) is 22.7 Å². The van der Waals surface area contributed by atoms with Gasteiger partial charge in [0, 0.05) is 24.7 Å². The van der Waals surface area contributed by atoms with E-state index in [0.29, 0.717) is 56.7 Å². The average Bonchev–Trinajstić information content (AvgIpc) is 3.04. The number of carbonyl (C=O) groups excluding carboxylic acids is 1. The molecule has 6 nitrogen and oxygen atoms in total. The predicted octanol–water partition coefficient (Wildman–Crippen LogP) is 3.69. The molecule has 6 rings (SSSR count). The van der Waals surface area contributed by atoms with Crippen molar-refractivity contribution in [3.05, 3.63) is 35.5 Å². The van der Waals surface area contributed by atoms with Crippen LogP contribution in [0, 0.1) is 10.8 Å². The summed E-state index contributed by atoms with van der Waals surface area (Å²) in [6.07, 6.45) is -1.50. The molecule has 9 heteroatoms. The van der Waals surface area contributed by atoms with Crippen LogP contribution in [0.1, 0.15) is 36.9 Å². The van der Waals surface area contributed by atoms with E-state index in [9.17, 15) is 23.1 Å². The Kier molecular flexibility index (Phi) is 3.95. The van der Waals surface area contributed by atoms with Gasteiger partial charge in [-0.3, -0.25) is 4.79 Å². The van der Waals surface area contributed by atoms with Crippen molar-refractivity contribution in [2.75, 3.05) is 25.1 Å². The summed E-state index contributed by atoms with van der Waals surface area (Å²) in [6, 6.07) is 6.09. The highest BCUT2D eigenvalue weighted by molar-refractivity contribution is 5.81. The van der Waals surface area contributed by atoms with E-state index < -0.39 is 17.3 Å². The number of halogens is 3. The SMILES string of the molecule is COC(=O)C12CC(CN3CCCc4c(C(F)(F)F)nn(-c5cccc(O)c5)c43)(C1)C2. The number of rotatable bonds is 4. The number of benzene rings is 1. The monoisotopic (exact) mass is 421 g/mol. The minimum absolute atomic E-state index is 0.0351. The van der Waals surface area contributed by atoms with Crippen molar-refractivity contribution in [2.24, 2.45) is 10.8 Å². The fourth-order valence-corrected chi connectivity index (χ4v) is 5.74. The minimum Gasteiger partial charge on any atom is -0.508 e. The molecule has 0 atom stereocenters. The summed E-state index contributed by atoms with van der Waals surface area (Å²) in [7, 11) is 1.39. The molecule has 1 aromatic heterocycles. The molecule has 2 heterocycles. The van der Waals surface area contributed by atoms with Crippen LogP contribution in [-0.4, -0.2) is 41.1 Å². The van der Waals surface area contributed by atoms with Crippen LogP contribution in [-0.2, 0) is 22.1 Å². The quantitative estimate of drug-likeness (QED) is 0.763. The molecule has 2 aromatic rings. The number of hydrogen-bond donors (Lipinski definition) is 1. The number of nitrogens with zero attached hydrogens (tertiary/aromatic N) is 3. The Hall–Kier alpha value is -2.71. The second-order valence-electron chi connectivity index (χ2n) is 8.91. The number of anilines is 1. The molecule has 4 aliphatic rings. The van der Waals surface area contributed by atoms with Crippen LogP contribution < -0.4 is 4.90 Å². The maximum absolute atomic E-state index is 13.7. The van der Waals surface area contributed by atoms with Crippen molar-refractivity contribution >= 4 is 11.8 Å². The molecule has 1 aromatic carbocycles. The Morgan fingerprint density at radius 2 is 2.03 bits per heavy atom. The number of esters is 1. The zero-order chi connectivity index (χ0) is 21.3. The third-order valence-electron chi connectivity index (χ3n) is 6.74. The maximum Gasteiger partial charge on any atom is 0.435 e. The first kappa shape index (κ1) is 19.3. The number of alkyl halides is 3. The highest BCUT2D eigenvalue weighted by Crippen LogP contribution is 2.74. The average molecular weight is 421 g/mol. The summed E-state index contributed by atoms with van der Waals surface area (Å²) in [5.74, 6) is 0.219. The van der Waals surface area contributed by atoms with Crippen LogP contribution in [0.3, 0.4) is 0 Å². The molecule has 0 unspecified atom stereocenters. The maximum atomic E-state index is 13.7. The third kappa shape index (κ3) is 2.70. The zero-order valence-corrected chi connectivity index (χ0v) is 16.5. The van der Waals surface area contributed by atoms with E-state index in [1.54, 1.807) is 12.1 Å². The molecule has 1 aliphatic heterocycles. The first-order valence-corrected chi connectivity index (χ1v) is 9.98. The second kappa shape index (κ2) is 6.15. The molecular formula is C21H22F3N3O3. The lowest BCUT2D eigenvalue weighted by molar-refractivity contribution is -0.221. The summed E-state index contributed by atoms with van der Waals surface area (Å²) < 4.78 is 47.4. The molecule has 1 N–H and O–H groups in total. The summed E-state index contributed by atoms with van der Waals surface area (Å²) >= 11 is 0. The molecule has 2 bridgehead atoms. The molecule has 0 spiro atoms. The topological polar surface area (TPSA) is 67.6 Å². The van der Waals surface area contributed by atoms with Crippen molar-refractivity contribution in [2.45, 2.75) is 38.3 Å².